The summed E-state index contributed by atoms with van der Waals surface area (Å²) in [6.07, 6.45) is 4.12. The molecule has 20 heavy (non-hydrogen) atoms. The van der Waals surface area contributed by atoms with E-state index in [1.165, 1.54) is 10.9 Å². The van der Waals surface area contributed by atoms with Gasteiger partial charge in [0.25, 0.3) is 0 Å². The molecule has 0 fully saturated rings. The SMILES string of the molecule is Cc1ccc2nc(C=Cc3cccc(Br)c3)ccc2c1. The highest BCUT2D eigenvalue weighted by atomic mass is 79.9. The fraction of sp³-hybridized carbons (Fsp3) is 0.0556. The maximum atomic E-state index is 4.66. The molecule has 0 radical (unpaired) electrons. The molecule has 2 aromatic carbocycles. The average Bonchev–Trinajstić information content (AvgIpc) is 2.45. The van der Waals surface area contributed by atoms with Gasteiger partial charge in [0.1, 0.15) is 0 Å². The van der Waals surface area contributed by atoms with Crippen LogP contribution in [0.2, 0.25) is 0 Å². The van der Waals surface area contributed by atoms with E-state index in [1.807, 2.05) is 18.2 Å². The average molecular weight is 324 g/mol. The van der Waals surface area contributed by atoms with Gasteiger partial charge in [0.05, 0.1) is 11.2 Å². The molecule has 0 aliphatic heterocycles. The van der Waals surface area contributed by atoms with E-state index in [9.17, 15) is 0 Å². The molecule has 1 heterocycles. The number of hydrogen-bond donors (Lipinski definition) is 0. The molecule has 0 aliphatic rings. The van der Waals surface area contributed by atoms with Crippen LogP contribution in [0, 0.1) is 6.92 Å². The Morgan fingerprint density at radius 1 is 0.950 bits per heavy atom. The van der Waals surface area contributed by atoms with Crippen LogP contribution in [-0.2, 0) is 0 Å². The summed E-state index contributed by atoms with van der Waals surface area (Å²) in [7, 11) is 0. The lowest BCUT2D eigenvalue weighted by Gasteiger charge is -2.00. The maximum Gasteiger partial charge on any atom is 0.0709 e. The summed E-state index contributed by atoms with van der Waals surface area (Å²) in [5, 5.41) is 1.18. The number of nitrogens with zero attached hydrogens (tertiary/aromatic N) is 1. The molecule has 0 N–H and O–H groups in total. The Morgan fingerprint density at radius 2 is 1.85 bits per heavy atom. The molecular formula is C18H14BrN. The van der Waals surface area contributed by atoms with Crippen molar-refractivity contribution < 1.29 is 0 Å². The van der Waals surface area contributed by atoms with Gasteiger partial charge in [-0.1, -0.05) is 51.8 Å². The van der Waals surface area contributed by atoms with Gasteiger partial charge >= 0.3 is 0 Å². The van der Waals surface area contributed by atoms with Crippen molar-refractivity contribution in [3.05, 3.63) is 75.9 Å². The molecule has 3 rings (SSSR count). The van der Waals surface area contributed by atoms with E-state index in [0.29, 0.717) is 0 Å². The topological polar surface area (TPSA) is 12.9 Å². The normalized spacial score (nSPS) is 11.3. The van der Waals surface area contributed by atoms with E-state index >= 15 is 0 Å². The summed E-state index contributed by atoms with van der Waals surface area (Å²) in [6, 6.07) is 18.7. The number of benzene rings is 2. The van der Waals surface area contributed by atoms with E-state index in [0.717, 1.165) is 21.2 Å². The zero-order valence-electron chi connectivity index (χ0n) is 11.2. The number of hydrogen-bond acceptors (Lipinski definition) is 1. The number of aryl methyl sites for hydroxylation is 1. The Bertz CT molecular complexity index is 790. The second-order valence-corrected chi connectivity index (χ2v) is 5.74. The monoisotopic (exact) mass is 323 g/mol. The highest BCUT2D eigenvalue weighted by Crippen LogP contribution is 2.17. The first-order valence-electron chi connectivity index (χ1n) is 6.52. The Balaban J connectivity index is 1.93. The third kappa shape index (κ3) is 2.97. The lowest BCUT2D eigenvalue weighted by Crippen LogP contribution is -1.84. The highest BCUT2D eigenvalue weighted by molar-refractivity contribution is 9.10. The summed E-state index contributed by atoms with van der Waals surface area (Å²) >= 11 is 3.48. The van der Waals surface area contributed by atoms with Crippen LogP contribution in [-0.4, -0.2) is 4.98 Å². The Kier molecular flexibility index (Phi) is 3.66. The molecule has 0 unspecified atom stereocenters. The van der Waals surface area contributed by atoms with E-state index in [2.05, 4.69) is 76.4 Å². The summed E-state index contributed by atoms with van der Waals surface area (Å²) < 4.78 is 1.08. The first kappa shape index (κ1) is 13.1. The predicted octanol–water partition coefficient (Wildman–Crippen LogP) is 5.48. The lowest BCUT2D eigenvalue weighted by atomic mass is 10.1. The smallest absolute Gasteiger partial charge is 0.0709 e. The van der Waals surface area contributed by atoms with Crippen LogP contribution in [0.5, 0.6) is 0 Å². The number of pyridine rings is 1. The largest absolute Gasteiger partial charge is 0.248 e. The minimum Gasteiger partial charge on any atom is -0.248 e. The maximum absolute atomic E-state index is 4.66. The van der Waals surface area contributed by atoms with Crippen molar-refractivity contribution in [2.75, 3.05) is 0 Å². The number of rotatable bonds is 2. The summed E-state index contributed by atoms with van der Waals surface area (Å²) in [5.41, 5.74) is 4.43. The number of halogens is 1. The minimum atomic E-state index is 0.973. The third-order valence-electron chi connectivity index (χ3n) is 3.16. The first-order valence-corrected chi connectivity index (χ1v) is 7.31. The van der Waals surface area contributed by atoms with Crippen LogP contribution in [0.25, 0.3) is 23.1 Å². The van der Waals surface area contributed by atoms with Crippen molar-refractivity contribution in [3.8, 4) is 0 Å². The van der Waals surface area contributed by atoms with Crippen molar-refractivity contribution in [1.82, 2.24) is 4.98 Å². The molecule has 2 heteroatoms. The molecule has 0 amide bonds. The molecular weight excluding hydrogens is 310 g/mol. The van der Waals surface area contributed by atoms with Gasteiger partial charge in [-0.3, -0.25) is 0 Å². The van der Waals surface area contributed by atoms with E-state index < -0.39 is 0 Å². The predicted molar refractivity (Wildman–Crippen MR) is 89.6 cm³/mol. The molecule has 0 spiro atoms. The van der Waals surface area contributed by atoms with E-state index in [1.54, 1.807) is 0 Å². The quantitative estimate of drug-likeness (QED) is 0.608. The molecule has 1 aromatic heterocycles. The first-order chi connectivity index (χ1) is 9.70. The van der Waals surface area contributed by atoms with Crippen molar-refractivity contribution in [2.24, 2.45) is 0 Å². The van der Waals surface area contributed by atoms with Crippen LogP contribution in [0.1, 0.15) is 16.8 Å². The molecule has 0 saturated heterocycles. The van der Waals surface area contributed by atoms with E-state index in [4.69, 9.17) is 0 Å². The van der Waals surface area contributed by atoms with Crippen molar-refractivity contribution in [1.29, 1.82) is 0 Å². The second kappa shape index (κ2) is 5.59. The Hall–Kier alpha value is -1.93. The zero-order valence-corrected chi connectivity index (χ0v) is 12.8. The molecule has 3 aromatic rings. The van der Waals surface area contributed by atoms with Crippen LogP contribution in [0.4, 0.5) is 0 Å². The van der Waals surface area contributed by atoms with Gasteiger partial charge in [-0.15, -0.1) is 0 Å². The van der Waals surface area contributed by atoms with Crippen molar-refractivity contribution >= 4 is 39.0 Å². The van der Waals surface area contributed by atoms with Crippen molar-refractivity contribution in [3.63, 3.8) is 0 Å². The molecule has 1 nitrogen and oxygen atoms in total. The van der Waals surface area contributed by atoms with E-state index in [-0.39, 0.29) is 0 Å². The molecule has 98 valence electrons. The highest BCUT2D eigenvalue weighted by Gasteiger charge is 1.96. The standard InChI is InChI=1S/C18H14BrN/c1-13-5-10-18-15(11-13)7-9-17(20-18)8-6-14-3-2-4-16(19)12-14/h2-12H,1H3. The van der Waals surface area contributed by atoms with Crippen molar-refractivity contribution in [2.45, 2.75) is 6.92 Å². The van der Waals surface area contributed by atoms with Crippen LogP contribution < -0.4 is 0 Å². The third-order valence-corrected chi connectivity index (χ3v) is 3.65. The van der Waals surface area contributed by atoms with Gasteiger partial charge in [0, 0.05) is 9.86 Å². The summed E-state index contributed by atoms with van der Waals surface area (Å²) in [4.78, 5) is 4.66. The molecule has 0 saturated carbocycles. The molecule has 0 aliphatic carbocycles. The fourth-order valence-corrected chi connectivity index (χ4v) is 2.56. The van der Waals surface area contributed by atoms with Gasteiger partial charge in [0.15, 0.2) is 0 Å². The van der Waals surface area contributed by atoms with Crippen LogP contribution in [0.3, 0.4) is 0 Å². The van der Waals surface area contributed by atoms with Crippen LogP contribution in [0.15, 0.2) is 59.1 Å². The second-order valence-electron chi connectivity index (χ2n) is 4.82. The van der Waals surface area contributed by atoms with Crippen LogP contribution >= 0.6 is 15.9 Å². The van der Waals surface area contributed by atoms with Gasteiger partial charge in [-0.05, 0) is 48.9 Å². The molecule has 0 bridgehead atoms. The van der Waals surface area contributed by atoms with Gasteiger partial charge in [0.2, 0.25) is 0 Å². The van der Waals surface area contributed by atoms with Gasteiger partial charge in [-0.2, -0.15) is 0 Å². The zero-order chi connectivity index (χ0) is 13.9. The number of aromatic nitrogens is 1. The summed E-state index contributed by atoms with van der Waals surface area (Å²) in [5.74, 6) is 0. The lowest BCUT2D eigenvalue weighted by molar-refractivity contribution is 1.36. The van der Waals surface area contributed by atoms with Gasteiger partial charge in [-0.25, -0.2) is 4.98 Å². The molecule has 0 atom stereocenters. The summed E-state index contributed by atoms with van der Waals surface area (Å²) in [6.45, 7) is 2.10. The van der Waals surface area contributed by atoms with Gasteiger partial charge < -0.3 is 0 Å². The Labute approximate surface area is 127 Å². The fourth-order valence-electron chi connectivity index (χ4n) is 2.15. The minimum absolute atomic E-state index is 0.973. The number of fused-ring (bicyclic) bond motifs is 1. The Morgan fingerprint density at radius 3 is 2.70 bits per heavy atom.